The Morgan fingerprint density at radius 2 is 2.00 bits per heavy atom. The Bertz CT molecular complexity index is 898. The summed E-state index contributed by atoms with van der Waals surface area (Å²) in [6.45, 7) is 5.12. The summed E-state index contributed by atoms with van der Waals surface area (Å²) in [5.74, 6) is -1.86. The van der Waals surface area contributed by atoms with Crippen molar-refractivity contribution in [3.63, 3.8) is 0 Å². The number of carboxylic acid groups (broad SMARTS) is 1. The summed E-state index contributed by atoms with van der Waals surface area (Å²) in [4.78, 5) is 25.7. The molecule has 7 heteroatoms. The van der Waals surface area contributed by atoms with Crippen molar-refractivity contribution in [1.82, 2.24) is 4.57 Å². The molecule has 3 rings (SSSR count). The molecule has 0 amide bonds. The van der Waals surface area contributed by atoms with Crippen molar-refractivity contribution in [2.75, 3.05) is 18.0 Å². The molecular weight excluding hydrogens is 327 g/mol. The van der Waals surface area contributed by atoms with Gasteiger partial charge in [-0.25, -0.2) is 9.18 Å². The largest absolute Gasteiger partial charge is 0.477 e. The van der Waals surface area contributed by atoms with Gasteiger partial charge in [0, 0.05) is 31.2 Å². The number of aliphatic hydroxyl groups is 1. The molecule has 2 heterocycles. The molecule has 0 unspecified atom stereocenters. The van der Waals surface area contributed by atoms with E-state index in [-0.39, 0.29) is 17.1 Å². The van der Waals surface area contributed by atoms with Gasteiger partial charge in [0.2, 0.25) is 5.43 Å². The number of carbonyl (C=O) groups is 1. The van der Waals surface area contributed by atoms with Gasteiger partial charge < -0.3 is 19.7 Å². The van der Waals surface area contributed by atoms with Crippen molar-refractivity contribution in [3.8, 4) is 0 Å². The Morgan fingerprint density at radius 3 is 2.56 bits per heavy atom. The van der Waals surface area contributed by atoms with Crippen LogP contribution in [0.4, 0.5) is 10.1 Å². The van der Waals surface area contributed by atoms with Gasteiger partial charge in [-0.05, 0) is 38.3 Å². The van der Waals surface area contributed by atoms with Gasteiger partial charge in [0.15, 0.2) is 0 Å². The molecule has 1 aromatic heterocycles. The molecule has 1 aliphatic rings. The summed E-state index contributed by atoms with van der Waals surface area (Å²) < 4.78 is 16.5. The van der Waals surface area contributed by atoms with Gasteiger partial charge in [-0.1, -0.05) is 0 Å². The van der Waals surface area contributed by atoms with Crippen molar-refractivity contribution in [2.24, 2.45) is 0 Å². The minimum absolute atomic E-state index is 0.0811. The van der Waals surface area contributed by atoms with E-state index in [2.05, 4.69) is 0 Å². The van der Waals surface area contributed by atoms with Gasteiger partial charge in [-0.3, -0.25) is 4.79 Å². The molecule has 0 bridgehead atoms. The number of pyridine rings is 1. The molecule has 0 saturated carbocycles. The minimum atomic E-state index is -1.32. The van der Waals surface area contributed by atoms with Gasteiger partial charge in [0.1, 0.15) is 11.4 Å². The fraction of sp³-hybridized carbons (Fsp3) is 0.444. The first-order valence-corrected chi connectivity index (χ1v) is 8.37. The molecule has 25 heavy (non-hydrogen) atoms. The van der Waals surface area contributed by atoms with Crippen LogP contribution < -0.4 is 10.3 Å². The number of carboxylic acids is 1. The van der Waals surface area contributed by atoms with Crippen LogP contribution in [0.15, 0.2) is 17.1 Å². The Hall–Kier alpha value is -2.41. The Kier molecular flexibility index (Phi) is 4.51. The topological polar surface area (TPSA) is 82.8 Å². The number of fused-ring (bicyclic) bond motifs is 1. The second-order valence-electron chi connectivity index (χ2n) is 6.41. The summed E-state index contributed by atoms with van der Waals surface area (Å²) >= 11 is 0. The molecule has 134 valence electrons. The lowest BCUT2D eigenvalue weighted by Crippen LogP contribution is -2.37. The number of aryl methyl sites for hydroxylation is 2. The lowest BCUT2D eigenvalue weighted by atomic mass is 10.0. The Morgan fingerprint density at radius 1 is 1.36 bits per heavy atom. The zero-order valence-electron chi connectivity index (χ0n) is 14.3. The number of anilines is 1. The molecule has 2 aromatic rings. The van der Waals surface area contributed by atoms with E-state index in [1.807, 2.05) is 11.8 Å². The molecule has 1 aromatic carbocycles. The van der Waals surface area contributed by atoms with E-state index in [4.69, 9.17) is 0 Å². The summed E-state index contributed by atoms with van der Waals surface area (Å²) in [5.41, 5.74) is 0.559. The average Bonchev–Trinajstić information content (AvgIpc) is 2.57. The first kappa shape index (κ1) is 17.4. The van der Waals surface area contributed by atoms with Gasteiger partial charge in [-0.15, -0.1) is 0 Å². The zero-order valence-corrected chi connectivity index (χ0v) is 14.3. The van der Waals surface area contributed by atoms with Crippen LogP contribution in [-0.2, 0) is 6.54 Å². The van der Waals surface area contributed by atoms with E-state index in [0.717, 1.165) is 6.07 Å². The van der Waals surface area contributed by atoms with Gasteiger partial charge in [-0.2, -0.15) is 0 Å². The number of aliphatic hydroxyl groups excluding tert-OH is 1. The Balaban J connectivity index is 2.28. The molecule has 1 aliphatic heterocycles. The number of hydrogen-bond acceptors (Lipinski definition) is 4. The third-order valence-electron chi connectivity index (χ3n) is 4.88. The van der Waals surface area contributed by atoms with Crippen LogP contribution >= 0.6 is 0 Å². The highest BCUT2D eigenvalue weighted by Crippen LogP contribution is 2.32. The second-order valence-corrected chi connectivity index (χ2v) is 6.41. The second kappa shape index (κ2) is 6.48. The van der Waals surface area contributed by atoms with E-state index in [9.17, 15) is 24.2 Å². The van der Waals surface area contributed by atoms with Crippen LogP contribution in [-0.4, -0.2) is 39.9 Å². The van der Waals surface area contributed by atoms with Crippen molar-refractivity contribution >= 4 is 22.6 Å². The number of benzene rings is 1. The molecule has 2 N–H and O–H groups in total. The first-order chi connectivity index (χ1) is 11.8. The van der Waals surface area contributed by atoms with Crippen LogP contribution in [0.25, 0.3) is 10.9 Å². The van der Waals surface area contributed by atoms with Crippen molar-refractivity contribution in [1.29, 1.82) is 0 Å². The van der Waals surface area contributed by atoms with Crippen LogP contribution in [0.2, 0.25) is 0 Å². The van der Waals surface area contributed by atoms with Crippen LogP contribution in [0, 0.1) is 12.7 Å². The number of piperidine rings is 1. The highest BCUT2D eigenvalue weighted by Gasteiger charge is 2.25. The number of aromatic nitrogens is 1. The predicted molar refractivity (Wildman–Crippen MR) is 93.0 cm³/mol. The van der Waals surface area contributed by atoms with Crippen molar-refractivity contribution in [2.45, 2.75) is 39.3 Å². The van der Waals surface area contributed by atoms with Crippen LogP contribution in [0.3, 0.4) is 0 Å². The maximum absolute atomic E-state index is 14.8. The average molecular weight is 348 g/mol. The highest BCUT2D eigenvalue weighted by atomic mass is 19.1. The molecular formula is C18H21FN2O4. The van der Waals surface area contributed by atoms with E-state index < -0.39 is 17.2 Å². The third kappa shape index (κ3) is 2.89. The van der Waals surface area contributed by atoms with Crippen LogP contribution in [0.1, 0.15) is 35.7 Å². The third-order valence-corrected chi connectivity index (χ3v) is 4.88. The fourth-order valence-corrected chi connectivity index (χ4v) is 3.60. The summed E-state index contributed by atoms with van der Waals surface area (Å²) in [6.07, 6.45) is 2.08. The van der Waals surface area contributed by atoms with Gasteiger partial charge >= 0.3 is 5.97 Å². The van der Waals surface area contributed by atoms with E-state index in [1.165, 1.54) is 6.20 Å². The number of nitrogens with zero attached hydrogens (tertiary/aromatic N) is 2. The number of rotatable bonds is 3. The van der Waals surface area contributed by atoms with Gasteiger partial charge in [0.25, 0.3) is 0 Å². The van der Waals surface area contributed by atoms with E-state index in [0.29, 0.717) is 49.2 Å². The quantitative estimate of drug-likeness (QED) is 0.888. The SMILES string of the molecule is CCn1cc(C(=O)O)c(=O)c2cc(F)c(N3CCC(O)CC3)c(C)c21. The molecule has 0 radical (unpaired) electrons. The predicted octanol–water partition coefficient (Wildman–Crippen LogP) is 2.13. The van der Waals surface area contributed by atoms with Crippen molar-refractivity contribution < 1.29 is 19.4 Å². The molecule has 0 spiro atoms. The van der Waals surface area contributed by atoms with E-state index >= 15 is 0 Å². The van der Waals surface area contributed by atoms with Gasteiger partial charge in [0.05, 0.1) is 17.3 Å². The molecule has 1 saturated heterocycles. The highest BCUT2D eigenvalue weighted by molar-refractivity contribution is 5.95. The summed E-state index contributed by atoms with van der Waals surface area (Å²) in [7, 11) is 0. The minimum Gasteiger partial charge on any atom is -0.477 e. The fourth-order valence-electron chi connectivity index (χ4n) is 3.60. The lowest BCUT2D eigenvalue weighted by Gasteiger charge is -2.33. The van der Waals surface area contributed by atoms with Crippen molar-refractivity contribution in [3.05, 3.63) is 39.4 Å². The number of aromatic carboxylic acids is 1. The number of halogens is 1. The zero-order chi connectivity index (χ0) is 18.3. The first-order valence-electron chi connectivity index (χ1n) is 8.37. The molecule has 1 fully saturated rings. The normalized spacial score (nSPS) is 15.8. The number of hydrogen-bond donors (Lipinski definition) is 2. The molecule has 6 nitrogen and oxygen atoms in total. The summed E-state index contributed by atoms with van der Waals surface area (Å²) in [6, 6.07) is 1.14. The molecule has 0 aliphatic carbocycles. The summed E-state index contributed by atoms with van der Waals surface area (Å²) in [5, 5.41) is 19.0. The maximum atomic E-state index is 14.8. The standard InChI is InChI=1S/C18H21FN2O4/c1-3-20-9-13(18(24)25)17(23)12-8-14(19)16(10(2)15(12)20)21-6-4-11(22)5-7-21/h8-9,11,22H,3-7H2,1-2H3,(H,24,25). The van der Waals surface area contributed by atoms with Crippen LogP contribution in [0.5, 0.6) is 0 Å². The maximum Gasteiger partial charge on any atom is 0.341 e. The molecule has 0 atom stereocenters. The lowest BCUT2D eigenvalue weighted by molar-refractivity contribution is 0.0695. The smallest absolute Gasteiger partial charge is 0.341 e. The van der Waals surface area contributed by atoms with E-state index in [1.54, 1.807) is 11.5 Å². The monoisotopic (exact) mass is 348 g/mol. The Labute approximate surface area is 144 Å².